The van der Waals surface area contributed by atoms with Gasteiger partial charge in [0.2, 0.25) is 0 Å². The van der Waals surface area contributed by atoms with Gasteiger partial charge in [-0.25, -0.2) is 0 Å². The Bertz CT molecular complexity index is 514. The van der Waals surface area contributed by atoms with E-state index in [9.17, 15) is 0 Å². The molecule has 0 radical (unpaired) electrons. The Morgan fingerprint density at radius 1 is 1.41 bits per heavy atom. The average molecular weight is 273 g/mol. The van der Waals surface area contributed by atoms with Gasteiger partial charge in [-0.15, -0.1) is 0 Å². The Morgan fingerprint density at radius 2 is 2.24 bits per heavy atom. The lowest BCUT2D eigenvalue weighted by Gasteiger charge is -2.03. The molecule has 0 aliphatic heterocycles. The van der Waals surface area contributed by atoms with Gasteiger partial charge >= 0.3 is 6.08 Å². The Balaban J connectivity index is 2.16. The number of nitrogens with zero attached hydrogens (tertiary/aromatic N) is 1. The van der Waals surface area contributed by atoms with Crippen molar-refractivity contribution < 1.29 is 9.15 Å². The van der Waals surface area contributed by atoms with Gasteiger partial charge in [0.1, 0.15) is 11.3 Å². The van der Waals surface area contributed by atoms with Crippen molar-refractivity contribution in [1.82, 2.24) is 10.3 Å². The highest BCUT2D eigenvalue weighted by molar-refractivity contribution is 6.42. The van der Waals surface area contributed by atoms with Gasteiger partial charge in [0.25, 0.3) is 0 Å². The molecule has 4 nitrogen and oxygen atoms in total. The zero-order valence-corrected chi connectivity index (χ0v) is 10.5. The Hall–Kier alpha value is -1.23. The molecule has 0 atom stereocenters. The average Bonchev–Trinajstić information content (AvgIpc) is 2.73. The smallest absolute Gasteiger partial charge is 0.399 e. The van der Waals surface area contributed by atoms with Crippen LogP contribution in [-0.2, 0) is 6.54 Å². The van der Waals surface area contributed by atoms with Crippen LogP contribution >= 0.6 is 23.2 Å². The van der Waals surface area contributed by atoms with Crippen molar-refractivity contribution in [3.05, 3.63) is 40.2 Å². The molecule has 1 N–H and O–H groups in total. The summed E-state index contributed by atoms with van der Waals surface area (Å²) in [7, 11) is 1.82. The first-order valence-corrected chi connectivity index (χ1v) is 5.67. The van der Waals surface area contributed by atoms with Gasteiger partial charge in [-0.3, -0.25) is 0 Å². The van der Waals surface area contributed by atoms with E-state index in [1.165, 1.54) is 6.26 Å². The minimum atomic E-state index is 0.138. The van der Waals surface area contributed by atoms with Gasteiger partial charge in [0.15, 0.2) is 5.75 Å². The molecule has 17 heavy (non-hydrogen) atoms. The van der Waals surface area contributed by atoms with E-state index in [0.29, 0.717) is 22.3 Å². The Morgan fingerprint density at radius 3 is 3.00 bits per heavy atom. The van der Waals surface area contributed by atoms with Crippen molar-refractivity contribution in [2.45, 2.75) is 6.54 Å². The van der Waals surface area contributed by atoms with Gasteiger partial charge in [-0.05, 0) is 19.2 Å². The van der Waals surface area contributed by atoms with Gasteiger partial charge in [-0.2, -0.15) is 4.98 Å². The summed E-state index contributed by atoms with van der Waals surface area (Å²) in [6.45, 7) is 0.607. The van der Waals surface area contributed by atoms with Crippen LogP contribution in [0.2, 0.25) is 10.0 Å². The zero-order chi connectivity index (χ0) is 12.3. The van der Waals surface area contributed by atoms with Gasteiger partial charge < -0.3 is 14.5 Å². The van der Waals surface area contributed by atoms with Crippen LogP contribution in [0.4, 0.5) is 0 Å². The Labute approximate surface area is 109 Å². The molecular weight excluding hydrogens is 263 g/mol. The number of oxazole rings is 1. The first kappa shape index (κ1) is 12.2. The van der Waals surface area contributed by atoms with E-state index in [4.69, 9.17) is 32.4 Å². The molecule has 0 amide bonds. The van der Waals surface area contributed by atoms with Crippen LogP contribution in [0, 0.1) is 0 Å². The molecule has 0 aliphatic rings. The number of hydrogen-bond acceptors (Lipinski definition) is 4. The Kier molecular flexibility index (Phi) is 3.89. The first-order chi connectivity index (χ1) is 8.20. The highest BCUT2D eigenvalue weighted by atomic mass is 35.5. The monoisotopic (exact) mass is 272 g/mol. The number of nitrogens with one attached hydrogen (secondary N) is 1. The third-order valence-corrected chi connectivity index (χ3v) is 2.80. The van der Waals surface area contributed by atoms with Crippen LogP contribution in [0.25, 0.3) is 0 Å². The second-order valence-electron chi connectivity index (χ2n) is 3.29. The molecule has 0 fully saturated rings. The van der Waals surface area contributed by atoms with E-state index in [-0.39, 0.29) is 6.08 Å². The molecule has 2 aromatic rings. The van der Waals surface area contributed by atoms with Crippen molar-refractivity contribution in [2.75, 3.05) is 7.05 Å². The maximum absolute atomic E-state index is 5.97. The number of aromatic nitrogens is 1. The fourth-order valence-corrected chi connectivity index (χ4v) is 1.58. The molecule has 0 saturated carbocycles. The predicted molar refractivity (Wildman–Crippen MR) is 65.8 cm³/mol. The third-order valence-electron chi connectivity index (χ3n) is 2.00. The second kappa shape index (κ2) is 5.40. The topological polar surface area (TPSA) is 47.3 Å². The first-order valence-electron chi connectivity index (χ1n) is 4.91. The van der Waals surface area contributed by atoms with Gasteiger partial charge in [-0.1, -0.05) is 29.3 Å². The summed E-state index contributed by atoms with van der Waals surface area (Å²) in [5, 5.41) is 3.71. The highest BCUT2D eigenvalue weighted by Gasteiger charge is 2.10. The highest BCUT2D eigenvalue weighted by Crippen LogP contribution is 2.34. The van der Waals surface area contributed by atoms with E-state index < -0.39 is 0 Å². The maximum Gasteiger partial charge on any atom is 0.399 e. The number of halogens is 2. The molecule has 0 aliphatic carbocycles. The minimum absolute atomic E-state index is 0.138. The molecule has 0 bridgehead atoms. The molecule has 6 heteroatoms. The van der Waals surface area contributed by atoms with Crippen LogP contribution in [0.3, 0.4) is 0 Å². The molecule has 90 valence electrons. The second-order valence-corrected chi connectivity index (χ2v) is 4.07. The summed E-state index contributed by atoms with van der Waals surface area (Å²) < 4.78 is 10.5. The standard InChI is InChI=1S/C11H10Cl2N2O2/c1-14-5-7-6-16-11(15-7)17-9-4-2-3-8(12)10(9)13/h2-4,6,14H,5H2,1H3. The van der Waals surface area contributed by atoms with Crippen LogP contribution in [-0.4, -0.2) is 12.0 Å². The number of hydrogen-bond donors (Lipinski definition) is 1. The fourth-order valence-electron chi connectivity index (χ4n) is 1.25. The molecule has 1 aromatic heterocycles. The SMILES string of the molecule is CNCc1coc(Oc2cccc(Cl)c2Cl)n1. The summed E-state index contributed by atoms with van der Waals surface area (Å²) in [6.07, 6.45) is 1.66. The van der Waals surface area contributed by atoms with Crippen molar-refractivity contribution in [2.24, 2.45) is 0 Å². The molecule has 0 saturated heterocycles. The van der Waals surface area contributed by atoms with Crippen molar-refractivity contribution in [3.63, 3.8) is 0 Å². The molecule has 0 spiro atoms. The summed E-state index contributed by atoms with van der Waals surface area (Å²) in [5.41, 5.74) is 0.751. The predicted octanol–water partition coefficient (Wildman–Crippen LogP) is 3.49. The quantitative estimate of drug-likeness (QED) is 0.926. The summed E-state index contributed by atoms with van der Waals surface area (Å²) in [5.74, 6) is 0.414. The van der Waals surface area contributed by atoms with Crippen molar-refractivity contribution in [3.8, 4) is 11.8 Å². The fraction of sp³-hybridized carbons (Fsp3) is 0.182. The lowest BCUT2D eigenvalue weighted by molar-refractivity contribution is 0.331. The van der Waals surface area contributed by atoms with Crippen LogP contribution in [0.5, 0.6) is 11.8 Å². The van der Waals surface area contributed by atoms with E-state index in [0.717, 1.165) is 5.69 Å². The normalized spacial score (nSPS) is 10.5. The molecule has 0 unspecified atom stereocenters. The maximum atomic E-state index is 5.97. The van der Waals surface area contributed by atoms with Crippen LogP contribution in [0.15, 0.2) is 28.9 Å². The van der Waals surface area contributed by atoms with Crippen LogP contribution < -0.4 is 10.1 Å². The minimum Gasteiger partial charge on any atom is -0.417 e. The summed E-state index contributed by atoms with van der Waals surface area (Å²) in [4.78, 5) is 4.11. The molecular formula is C11H10Cl2N2O2. The summed E-state index contributed by atoms with van der Waals surface area (Å²) in [6, 6.07) is 5.11. The van der Waals surface area contributed by atoms with E-state index in [1.54, 1.807) is 18.2 Å². The van der Waals surface area contributed by atoms with Crippen LogP contribution in [0.1, 0.15) is 5.69 Å². The number of rotatable bonds is 4. The van der Waals surface area contributed by atoms with Gasteiger partial charge in [0.05, 0.1) is 10.7 Å². The lowest BCUT2D eigenvalue weighted by Crippen LogP contribution is -2.04. The van der Waals surface area contributed by atoms with Crippen molar-refractivity contribution >= 4 is 23.2 Å². The summed E-state index contributed by atoms with van der Waals surface area (Å²) >= 11 is 11.8. The lowest BCUT2D eigenvalue weighted by atomic mass is 10.3. The molecule has 1 heterocycles. The van der Waals surface area contributed by atoms with E-state index >= 15 is 0 Å². The van der Waals surface area contributed by atoms with Crippen molar-refractivity contribution in [1.29, 1.82) is 0 Å². The third kappa shape index (κ3) is 2.91. The van der Waals surface area contributed by atoms with Gasteiger partial charge in [0, 0.05) is 6.54 Å². The van der Waals surface area contributed by atoms with E-state index in [2.05, 4.69) is 10.3 Å². The number of ether oxygens (including phenoxy) is 1. The molecule has 2 rings (SSSR count). The largest absolute Gasteiger partial charge is 0.417 e. The molecule has 1 aromatic carbocycles. The van der Waals surface area contributed by atoms with E-state index in [1.807, 2.05) is 7.05 Å². The zero-order valence-electron chi connectivity index (χ0n) is 9.04. The number of benzene rings is 1.